The Balaban J connectivity index is 1.54. The zero-order chi connectivity index (χ0) is 25.8. The van der Waals surface area contributed by atoms with E-state index in [-0.39, 0.29) is 17.9 Å². The van der Waals surface area contributed by atoms with Crippen LogP contribution in [-0.4, -0.2) is 42.9 Å². The van der Waals surface area contributed by atoms with Crippen LogP contribution in [0.15, 0.2) is 67.1 Å². The van der Waals surface area contributed by atoms with Crippen molar-refractivity contribution >= 4 is 45.0 Å². The van der Waals surface area contributed by atoms with E-state index in [1.54, 1.807) is 35.4 Å². The molecule has 0 saturated carbocycles. The van der Waals surface area contributed by atoms with Gasteiger partial charge in [0.05, 0.1) is 32.0 Å². The Kier molecular flexibility index (Phi) is 7.40. The number of halogens is 3. The molecule has 0 fully saturated rings. The van der Waals surface area contributed by atoms with Crippen LogP contribution in [-0.2, 0) is 6.54 Å². The molecule has 5 rings (SSSR count). The van der Waals surface area contributed by atoms with Crippen LogP contribution in [0.3, 0.4) is 0 Å². The van der Waals surface area contributed by atoms with Gasteiger partial charge in [0.25, 0.3) is 0 Å². The Bertz CT molecular complexity index is 1520. The van der Waals surface area contributed by atoms with Crippen molar-refractivity contribution in [1.29, 1.82) is 0 Å². The highest BCUT2D eigenvalue weighted by Gasteiger charge is 2.20. The van der Waals surface area contributed by atoms with Crippen molar-refractivity contribution in [2.75, 3.05) is 23.5 Å². The summed E-state index contributed by atoms with van der Waals surface area (Å²) in [5.74, 6) is -0.0313. The summed E-state index contributed by atoms with van der Waals surface area (Å²) < 4.78 is 42.8. The van der Waals surface area contributed by atoms with Crippen LogP contribution in [0.1, 0.15) is 5.56 Å². The smallest absolute Gasteiger partial charge is 0.183 e. The first-order valence-corrected chi connectivity index (χ1v) is 12.8. The Labute approximate surface area is 224 Å². The number of anilines is 2. The SMILES string of the molecule is COc1cnc(-c2nn(Cc3c(F)cc(OCCI)cc3F)c3ccccc23)nc1Nc1ccncc1. The number of nitrogens with one attached hydrogen (secondary N) is 1. The van der Waals surface area contributed by atoms with Gasteiger partial charge in [0.2, 0.25) is 0 Å². The number of ether oxygens (including phenoxy) is 2. The van der Waals surface area contributed by atoms with Gasteiger partial charge in [-0.25, -0.2) is 18.7 Å². The Morgan fingerprint density at radius 2 is 1.81 bits per heavy atom. The topological polar surface area (TPSA) is 87.0 Å². The highest BCUT2D eigenvalue weighted by molar-refractivity contribution is 14.1. The molecule has 0 amide bonds. The number of aromatic nitrogens is 5. The third-order valence-electron chi connectivity index (χ3n) is 5.56. The molecule has 0 atom stereocenters. The van der Waals surface area contributed by atoms with E-state index in [1.165, 1.54) is 19.2 Å². The number of hydrogen-bond donors (Lipinski definition) is 1. The molecule has 3 aromatic heterocycles. The highest BCUT2D eigenvalue weighted by Crippen LogP contribution is 2.31. The van der Waals surface area contributed by atoms with Crippen molar-refractivity contribution in [1.82, 2.24) is 24.7 Å². The van der Waals surface area contributed by atoms with E-state index in [0.717, 1.165) is 11.1 Å². The molecule has 1 N–H and O–H groups in total. The lowest BCUT2D eigenvalue weighted by Gasteiger charge is -2.11. The lowest BCUT2D eigenvalue weighted by Crippen LogP contribution is -2.08. The van der Waals surface area contributed by atoms with Gasteiger partial charge in [0.1, 0.15) is 23.1 Å². The van der Waals surface area contributed by atoms with Gasteiger partial charge in [-0.3, -0.25) is 9.67 Å². The minimum absolute atomic E-state index is 0.114. The first-order chi connectivity index (χ1) is 18.1. The summed E-state index contributed by atoms with van der Waals surface area (Å²) >= 11 is 2.13. The van der Waals surface area contributed by atoms with Crippen molar-refractivity contribution in [2.24, 2.45) is 0 Å². The molecule has 3 heterocycles. The van der Waals surface area contributed by atoms with Crippen molar-refractivity contribution in [3.8, 4) is 23.0 Å². The third-order valence-corrected chi connectivity index (χ3v) is 6.00. The largest absolute Gasteiger partial charge is 0.493 e. The summed E-state index contributed by atoms with van der Waals surface area (Å²) in [6.45, 7) is 0.245. The highest BCUT2D eigenvalue weighted by atomic mass is 127. The molecule has 0 aliphatic rings. The average molecular weight is 614 g/mol. The van der Waals surface area contributed by atoms with Gasteiger partial charge in [0.15, 0.2) is 17.4 Å². The first-order valence-electron chi connectivity index (χ1n) is 11.3. The summed E-state index contributed by atoms with van der Waals surface area (Å²) in [5.41, 5.74) is 1.81. The number of benzene rings is 2. The van der Waals surface area contributed by atoms with Gasteiger partial charge in [-0.05, 0) is 18.2 Å². The molecule has 0 aliphatic heterocycles. The Morgan fingerprint density at radius 3 is 2.54 bits per heavy atom. The number of methoxy groups -OCH3 is 1. The number of para-hydroxylation sites is 1. The lowest BCUT2D eigenvalue weighted by atomic mass is 10.1. The zero-order valence-electron chi connectivity index (χ0n) is 19.7. The van der Waals surface area contributed by atoms with E-state index in [1.807, 2.05) is 24.3 Å². The molecule has 188 valence electrons. The second-order valence-electron chi connectivity index (χ2n) is 7.90. The monoisotopic (exact) mass is 614 g/mol. The maximum atomic E-state index is 14.9. The fourth-order valence-electron chi connectivity index (χ4n) is 3.83. The number of pyridine rings is 1. The van der Waals surface area contributed by atoms with E-state index in [9.17, 15) is 8.78 Å². The predicted octanol–water partition coefficient (Wildman–Crippen LogP) is 5.78. The van der Waals surface area contributed by atoms with Crippen LogP contribution in [0.5, 0.6) is 11.5 Å². The second-order valence-corrected chi connectivity index (χ2v) is 8.98. The molecule has 0 saturated heterocycles. The number of fused-ring (bicyclic) bond motifs is 1. The van der Waals surface area contributed by atoms with Gasteiger partial charge < -0.3 is 14.8 Å². The van der Waals surface area contributed by atoms with Gasteiger partial charge in [-0.1, -0.05) is 40.8 Å². The van der Waals surface area contributed by atoms with Crippen LogP contribution in [0.2, 0.25) is 0 Å². The molecule has 0 radical (unpaired) electrons. The van der Waals surface area contributed by atoms with E-state index in [4.69, 9.17) is 9.47 Å². The van der Waals surface area contributed by atoms with Crippen molar-refractivity contribution in [2.45, 2.75) is 6.54 Å². The predicted molar refractivity (Wildman–Crippen MR) is 145 cm³/mol. The van der Waals surface area contributed by atoms with Gasteiger partial charge >= 0.3 is 0 Å². The first kappa shape index (κ1) is 24.8. The molecule has 0 spiro atoms. The van der Waals surface area contributed by atoms with Crippen molar-refractivity contribution in [3.63, 3.8) is 0 Å². The summed E-state index contributed by atoms with van der Waals surface area (Å²) in [6.07, 6.45) is 4.87. The number of alkyl halides is 1. The number of rotatable bonds is 9. The van der Waals surface area contributed by atoms with Gasteiger partial charge in [-0.15, -0.1) is 0 Å². The molecule has 8 nitrogen and oxygen atoms in total. The standard InChI is InChI=1S/C26H21F2IN6O2/c1-36-23-14-31-26(33-25(23)32-16-6-9-30-10-7-16)24-18-4-2-3-5-22(18)35(34-24)15-19-20(27)12-17(13-21(19)28)37-11-8-29/h2-7,9-10,12-14H,8,11,15H2,1H3,(H,30,31,32,33). The van der Waals surface area contributed by atoms with Gasteiger partial charge in [0, 0.05) is 45.6 Å². The molecule has 37 heavy (non-hydrogen) atoms. The zero-order valence-corrected chi connectivity index (χ0v) is 21.8. The fraction of sp³-hybridized carbons (Fsp3) is 0.154. The second kappa shape index (κ2) is 11.0. The van der Waals surface area contributed by atoms with Crippen LogP contribution in [0.4, 0.5) is 20.3 Å². The molecule has 2 aromatic carbocycles. The quantitative estimate of drug-likeness (QED) is 0.166. The van der Waals surface area contributed by atoms with Crippen LogP contribution < -0.4 is 14.8 Å². The number of nitrogens with zero attached hydrogens (tertiary/aromatic N) is 5. The molecule has 0 aliphatic carbocycles. The molecule has 5 aromatic rings. The molecular weight excluding hydrogens is 593 g/mol. The van der Waals surface area contributed by atoms with E-state index >= 15 is 0 Å². The minimum atomic E-state index is -0.700. The fourth-order valence-corrected chi connectivity index (χ4v) is 4.05. The lowest BCUT2D eigenvalue weighted by molar-refractivity contribution is 0.341. The maximum Gasteiger partial charge on any atom is 0.183 e. The number of hydrogen-bond acceptors (Lipinski definition) is 7. The third kappa shape index (κ3) is 5.31. The van der Waals surface area contributed by atoms with Crippen molar-refractivity contribution < 1.29 is 18.3 Å². The van der Waals surface area contributed by atoms with E-state index in [2.05, 4.69) is 48.0 Å². The van der Waals surface area contributed by atoms with Crippen LogP contribution >= 0.6 is 22.6 Å². The molecule has 0 bridgehead atoms. The normalized spacial score (nSPS) is 11.0. The Morgan fingerprint density at radius 1 is 1.05 bits per heavy atom. The van der Waals surface area contributed by atoms with E-state index < -0.39 is 11.6 Å². The maximum absolute atomic E-state index is 14.9. The summed E-state index contributed by atoms with van der Waals surface area (Å²) in [7, 11) is 1.53. The summed E-state index contributed by atoms with van der Waals surface area (Å²) in [4.78, 5) is 13.1. The minimum Gasteiger partial charge on any atom is -0.493 e. The van der Waals surface area contributed by atoms with Crippen molar-refractivity contribution in [3.05, 3.63) is 84.3 Å². The molecular formula is C26H21F2IN6O2. The van der Waals surface area contributed by atoms with Gasteiger partial charge in [-0.2, -0.15) is 5.10 Å². The van der Waals surface area contributed by atoms with E-state index in [0.29, 0.717) is 39.6 Å². The molecule has 0 unspecified atom stereocenters. The van der Waals surface area contributed by atoms with Crippen LogP contribution in [0.25, 0.3) is 22.4 Å². The van der Waals surface area contributed by atoms with Crippen LogP contribution in [0, 0.1) is 11.6 Å². The average Bonchev–Trinajstić information content (AvgIpc) is 3.28. The summed E-state index contributed by atoms with van der Waals surface area (Å²) in [5, 5.41) is 8.60. The summed E-state index contributed by atoms with van der Waals surface area (Å²) in [6, 6.07) is 13.4. The Hall–Kier alpha value is -3.87. The molecule has 11 heteroatoms.